The fourth-order valence-electron chi connectivity index (χ4n) is 2.65. The second-order valence-corrected chi connectivity index (χ2v) is 5.87. The van der Waals surface area contributed by atoms with Crippen LogP contribution in [0.4, 0.5) is 5.95 Å². The van der Waals surface area contributed by atoms with Gasteiger partial charge in [-0.3, -0.25) is 0 Å². The highest BCUT2D eigenvalue weighted by atomic mass is 16.5. The lowest BCUT2D eigenvalue weighted by molar-refractivity contribution is 0.279. The Balaban J connectivity index is 1.70. The third-order valence-corrected chi connectivity index (χ3v) is 4.10. The molecule has 0 saturated carbocycles. The second-order valence-electron chi connectivity index (χ2n) is 5.87. The zero-order valence-corrected chi connectivity index (χ0v) is 15.1. The van der Waals surface area contributed by atoms with Gasteiger partial charge in [0.15, 0.2) is 0 Å². The van der Waals surface area contributed by atoms with Crippen LogP contribution in [0.3, 0.4) is 0 Å². The Labute approximate surface area is 153 Å². The zero-order chi connectivity index (χ0) is 18.2. The van der Waals surface area contributed by atoms with Crippen molar-refractivity contribution in [3.8, 4) is 17.1 Å². The molecule has 0 aliphatic heterocycles. The summed E-state index contributed by atoms with van der Waals surface area (Å²) in [6.07, 6.45) is 1.46. The van der Waals surface area contributed by atoms with Gasteiger partial charge in [0.2, 0.25) is 5.95 Å². The predicted octanol–water partition coefficient (Wildman–Crippen LogP) is 3.06. The van der Waals surface area contributed by atoms with Gasteiger partial charge in [-0.05, 0) is 36.2 Å². The third kappa shape index (κ3) is 4.55. The summed E-state index contributed by atoms with van der Waals surface area (Å²) in [5.41, 5.74) is 4.70. The van der Waals surface area contributed by atoms with Gasteiger partial charge in [-0.25, -0.2) is 4.98 Å². The van der Waals surface area contributed by atoms with E-state index in [2.05, 4.69) is 56.8 Å². The van der Waals surface area contributed by atoms with E-state index in [1.54, 1.807) is 0 Å². The summed E-state index contributed by atoms with van der Waals surface area (Å²) in [4.78, 5) is 12.5. The molecule has 2 aromatic carbocycles. The number of benzene rings is 2. The van der Waals surface area contributed by atoms with E-state index >= 15 is 0 Å². The first-order valence-electron chi connectivity index (χ1n) is 8.62. The number of nitrogens with one attached hydrogen (secondary N) is 2. The molecule has 0 fully saturated rings. The molecule has 3 aromatic rings. The first-order chi connectivity index (χ1) is 12.8. The van der Waals surface area contributed by atoms with E-state index in [9.17, 15) is 0 Å². The van der Waals surface area contributed by atoms with Crippen LogP contribution in [0.25, 0.3) is 11.1 Å². The molecule has 134 valence electrons. The van der Waals surface area contributed by atoms with Crippen LogP contribution in [0, 0.1) is 6.92 Å². The van der Waals surface area contributed by atoms with Crippen LogP contribution in [0.1, 0.15) is 11.1 Å². The molecule has 26 heavy (non-hydrogen) atoms. The number of likely N-dealkylation sites (N-methyl/N-ethyl adjacent to an activating group) is 1. The second kappa shape index (κ2) is 8.92. The molecule has 1 aromatic heterocycles. The van der Waals surface area contributed by atoms with Gasteiger partial charge in [-0.15, -0.1) is 0 Å². The molecule has 0 aliphatic carbocycles. The molecule has 1 heterocycles. The van der Waals surface area contributed by atoms with Crippen molar-refractivity contribution in [3.63, 3.8) is 0 Å². The average molecular weight is 349 g/mol. The molecule has 0 aliphatic rings. The van der Waals surface area contributed by atoms with Crippen molar-refractivity contribution in [1.29, 1.82) is 0 Å². The lowest BCUT2D eigenvalue weighted by atomic mass is 9.97. The van der Waals surface area contributed by atoms with Crippen molar-refractivity contribution in [2.24, 2.45) is 0 Å². The van der Waals surface area contributed by atoms with E-state index in [-0.39, 0.29) is 0 Å². The first-order valence-corrected chi connectivity index (χ1v) is 8.62. The molecular formula is C20H23N5O. The van der Waals surface area contributed by atoms with Gasteiger partial charge in [0.05, 0.1) is 0 Å². The Morgan fingerprint density at radius 1 is 0.962 bits per heavy atom. The van der Waals surface area contributed by atoms with E-state index in [1.165, 1.54) is 23.0 Å². The summed E-state index contributed by atoms with van der Waals surface area (Å²) in [5, 5.41) is 6.18. The average Bonchev–Trinajstić information content (AvgIpc) is 2.68. The molecule has 0 unspecified atom stereocenters. The lowest BCUT2D eigenvalue weighted by Crippen LogP contribution is -2.19. The van der Waals surface area contributed by atoms with Gasteiger partial charge in [0.25, 0.3) is 0 Å². The summed E-state index contributed by atoms with van der Waals surface area (Å²) < 4.78 is 5.79. The number of nitrogens with zero attached hydrogens (tertiary/aromatic N) is 3. The fourth-order valence-corrected chi connectivity index (χ4v) is 2.65. The number of hydrogen-bond acceptors (Lipinski definition) is 6. The Hall–Kier alpha value is -2.99. The topological polar surface area (TPSA) is 72.0 Å². The molecule has 6 heteroatoms. The van der Waals surface area contributed by atoms with Gasteiger partial charge in [-0.1, -0.05) is 48.5 Å². The zero-order valence-electron chi connectivity index (χ0n) is 15.1. The maximum atomic E-state index is 5.79. The molecule has 6 nitrogen and oxygen atoms in total. The largest absolute Gasteiger partial charge is 0.458 e. The van der Waals surface area contributed by atoms with E-state index in [4.69, 9.17) is 4.74 Å². The van der Waals surface area contributed by atoms with E-state index < -0.39 is 0 Å². The van der Waals surface area contributed by atoms with Crippen molar-refractivity contribution >= 4 is 5.95 Å². The highest BCUT2D eigenvalue weighted by molar-refractivity contribution is 5.68. The number of aromatic nitrogens is 3. The number of ether oxygens (including phenoxy) is 1. The first kappa shape index (κ1) is 17.8. The van der Waals surface area contributed by atoms with Crippen LogP contribution in [0.2, 0.25) is 0 Å². The van der Waals surface area contributed by atoms with E-state index in [0.717, 1.165) is 18.7 Å². The maximum Gasteiger partial charge on any atom is 0.321 e. The highest BCUT2D eigenvalue weighted by Gasteiger charge is 2.08. The summed E-state index contributed by atoms with van der Waals surface area (Å²) in [6.45, 7) is 4.08. The highest BCUT2D eigenvalue weighted by Crippen LogP contribution is 2.26. The molecule has 0 amide bonds. The third-order valence-electron chi connectivity index (χ3n) is 4.10. The van der Waals surface area contributed by atoms with E-state index in [0.29, 0.717) is 18.6 Å². The van der Waals surface area contributed by atoms with E-state index in [1.807, 2.05) is 31.3 Å². The van der Waals surface area contributed by atoms with Gasteiger partial charge < -0.3 is 15.4 Å². The van der Waals surface area contributed by atoms with Crippen LogP contribution in [-0.2, 0) is 6.61 Å². The van der Waals surface area contributed by atoms with Gasteiger partial charge in [0, 0.05) is 13.1 Å². The Kier molecular flexibility index (Phi) is 6.11. The molecular weight excluding hydrogens is 326 g/mol. The fraction of sp³-hybridized carbons (Fsp3) is 0.250. The molecule has 3 rings (SSSR count). The van der Waals surface area contributed by atoms with Crippen LogP contribution in [-0.4, -0.2) is 35.1 Å². The summed E-state index contributed by atoms with van der Waals surface area (Å²) in [6, 6.07) is 16.9. The molecule has 0 spiro atoms. The minimum atomic E-state index is 0.316. The molecule has 0 radical (unpaired) electrons. The van der Waals surface area contributed by atoms with Gasteiger partial charge in [-0.2, -0.15) is 9.97 Å². The molecule has 2 N–H and O–H groups in total. The minimum absolute atomic E-state index is 0.316. The van der Waals surface area contributed by atoms with Crippen molar-refractivity contribution in [2.75, 3.05) is 25.5 Å². The molecule has 0 bridgehead atoms. The summed E-state index contributed by atoms with van der Waals surface area (Å²) in [7, 11) is 1.90. The lowest BCUT2D eigenvalue weighted by Gasteiger charge is -2.12. The molecule has 0 saturated heterocycles. The van der Waals surface area contributed by atoms with Crippen molar-refractivity contribution in [2.45, 2.75) is 13.5 Å². The molecule has 0 atom stereocenters. The van der Waals surface area contributed by atoms with Crippen molar-refractivity contribution in [3.05, 3.63) is 66.0 Å². The number of rotatable bonds is 8. The van der Waals surface area contributed by atoms with Crippen LogP contribution >= 0.6 is 0 Å². The smallest absolute Gasteiger partial charge is 0.321 e. The van der Waals surface area contributed by atoms with Crippen LogP contribution in [0.5, 0.6) is 6.01 Å². The maximum absolute atomic E-state index is 5.79. The quantitative estimate of drug-likeness (QED) is 0.609. The van der Waals surface area contributed by atoms with Crippen LogP contribution < -0.4 is 15.4 Å². The van der Waals surface area contributed by atoms with Crippen LogP contribution in [0.15, 0.2) is 54.9 Å². The van der Waals surface area contributed by atoms with Crippen molar-refractivity contribution < 1.29 is 4.74 Å². The minimum Gasteiger partial charge on any atom is -0.458 e. The summed E-state index contributed by atoms with van der Waals surface area (Å²) >= 11 is 0. The number of anilines is 1. The van der Waals surface area contributed by atoms with Gasteiger partial charge >= 0.3 is 6.01 Å². The van der Waals surface area contributed by atoms with Crippen molar-refractivity contribution in [1.82, 2.24) is 20.3 Å². The Morgan fingerprint density at radius 2 is 1.81 bits per heavy atom. The standard InChI is InChI=1S/C20H23N5O/c1-15-17(9-6-10-18(15)16-7-4-3-5-8-16)13-26-20-24-14-23-19(25-20)22-12-11-21-2/h3-10,14,21H,11-13H2,1-2H3,(H,22,23,24,25). The van der Waals surface area contributed by atoms with Gasteiger partial charge in [0.1, 0.15) is 12.9 Å². The SMILES string of the molecule is CNCCNc1ncnc(OCc2cccc(-c3ccccc3)c2C)n1. The normalized spacial score (nSPS) is 10.5. The monoisotopic (exact) mass is 349 g/mol. The number of hydrogen-bond donors (Lipinski definition) is 2. The Morgan fingerprint density at radius 3 is 2.62 bits per heavy atom. The Bertz CT molecular complexity index is 839. The summed E-state index contributed by atoms with van der Waals surface area (Å²) in [5.74, 6) is 0.514. The predicted molar refractivity (Wildman–Crippen MR) is 103 cm³/mol.